The normalized spacial score (nSPS) is 16.1. The number of aryl methyl sites for hydroxylation is 1. The van der Waals surface area contributed by atoms with E-state index in [1.165, 1.54) is 0 Å². The van der Waals surface area contributed by atoms with Gasteiger partial charge in [-0.05, 0) is 32.4 Å². The van der Waals surface area contributed by atoms with E-state index in [2.05, 4.69) is 10.5 Å². The Morgan fingerprint density at radius 2 is 2.15 bits per heavy atom. The molecule has 1 aromatic heterocycles. The molecule has 8 heteroatoms. The van der Waals surface area contributed by atoms with Crippen molar-refractivity contribution in [2.45, 2.75) is 32.5 Å². The molecule has 0 spiro atoms. The Bertz CT molecular complexity index is 459. The molecule has 1 rings (SSSR count). The number of amidine groups is 1. The Kier molecular flexibility index (Phi) is 5.82. The number of hydrogen-bond donors (Lipinski definition) is 3. The quantitative estimate of drug-likeness (QED) is 0.327. The number of halogens is 3. The molecule has 20 heavy (non-hydrogen) atoms. The van der Waals surface area contributed by atoms with Crippen LogP contribution >= 0.6 is 11.3 Å². The standard InChI is InChI=1S/C12H18F3N3OS/c1-7(5-9-4-3-8(2)20-9)17-6-10(11(16)18-19)12(13,14)15/h3-4,7,10,17,19H,5-6H2,1-2H3,(H2,16,18). The fourth-order valence-corrected chi connectivity index (χ4v) is 2.76. The zero-order valence-electron chi connectivity index (χ0n) is 11.2. The lowest BCUT2D eigenvalue weighted by Crippen LogP contribution is -2.45. The maximum absolute atomic E-state index is 12.7. The lowest BCUT2D eigenvalue weighted by molar-refractivity contribution is -0.155. The summed E-state index contributed by atoms with van der Waals surface area (Å²) >= 11 is 1.62. The van der Waals surface area contributed by atoms with E-state index in [0.717, 1.165) is 9.75 Å². The Morgan fingerprint density at radius 1 is 1.50 bits per heavy atom. The number of nitrogens with one attached hydrogen (secondary N) is 1. The maximum atomic E-state index is 12.7. The average Bonchev–Trinajstić information content (AvgIpc) is 2.72. The van der Waals surface area contributed by atoms with Crippen molar-refractivity contribution in [3.05, 3.63) is 21.9 Å². The van der Waals surface area contributed by atoms with Crippen LogP contribution in [0.3, 0.4) is 0 Å². The summed E-state index contributed by atoms with van der Waals surface area (Å²) in [5.74, 6) is -2.82. The first-order valence-electron chi connectivity index (χ1n) is 6.07. The van der Waals surface area contributed by atoms with Gasteiger partial charge in [-0.2, -0.15) is 13.2 Å². The molecule has 4 N–H and O–H groups in total. The van der Waals surface area contributed by atoms with Gasteiger partial charge in [0, 0.05) is 22.3 Å². The van der Waals surface area contributed by atoms with E-state index < -0.39 is 24.5 Å². The molecule has 0 aliphatic rings. The zero-order chi connectivity index (χ0) is 15.3. The van der Waals surface area contributed by atoms with Gasteiger partial charge in [0.05, 0.1) is 0 Å². The minimum Gasteiger partial charge on any atom is -0.409 e. The van der Waals surface area contributed by atoms with Crippen LogP contribution in [0.4, 0.5) is 13.2 Å². The van der Waals surface area contributed by atoms with Crippen LogP contribution in [0, 0.1) is 12.8 Å². The predicted molar refractivity (Wildman–Crippen MR) is 73.2 cm³/mol. The van der Waals surface area contributed by atoms with Crippen LogP contribution in [-0.4, -0.2) is 29.8 Å². The number of hydrogen-bond acceptors (Lipinski definition) is 4. The highest BCUT2D eigenvalue weighted by Crippen LogP contribution is 2.26. The molecule has 1 aromatic rings. The molecule has 0 aliphatic carbocycles. The molecule has 2 unspecified atom stereocenters. The van der Waals surface area contributed by atoms with Crippen molar-refractivity contribution in [2.24, 2.45) is 16.8 Å². The Balaban J connectivity index is 2.55. The van der Waals surface area contributed by atoms with Gasteiger partial charge in [-0.25, -0.2) is 0 Å². The van der Waals surface area contributed by atoms with Crippen molar-refractivity contribution in [1.29, 1.82) is 0 Å². The molecule has 2 atom stereocenters. The Morgan fingerprint density at radius 3 is 2.60 bits per heavy atom. The fourth-order valence-electron chi connectivity index (χ4n) is 1.75. The van der Waals surface area contributed by atoms with Crippen LogP contribution in [0.15, 0.2) is 17.3 Å². The molecule has 0 fully saturated rings. The van der Waals surface area contributed by atoms with Crippen molar-refractivity contribution in [3.8, 4) is 0 Å². The summed E-state index contributed by atoms with van der Waals surface area (Å²) in [7, 11) is 0. The van der Waals surface area contributed by atoms with Gasteiger partial charge in [-0.1, -0.05) is 5.16 Å². The number of nitrogens with zero attached hydrogens (tertiary/aromatic N) is 1. The Hall–Kier alpha value is -1.28. The van der Waals surface area contributed by atoms with Crippen molar-refractivity contribution in [3.63, 3.8) is 0 Å². The zero-order valence-corrected chi connectivity index (χ0v) is 12.1. The third-order valence-corrected chi connectivity index (χ3v) is 3.86. The molecule has 0 amide bonds. The van der Waals surface area contributed by atoms with Gasteiger partial charge in [0.25, 0.3) is 0 Å². The monoisotopic (exact) mass is 309 g/mol. The van der Waals surface area contributed by atoms with Gasteiger partial charge in [-0.15, -0.1) is 11.3 Å². The van der Waals surface area contributed by atoms with Crippen LogP contribution in [0.1, 0.15) is 16.7 Å². The van der Waals surface area contributed by atoms with Crippen molar-refractivity contribution >= 4 is 17.2 Å². The predicted octanol–water partition coefficient (Wildman–Crippen LogP) is 2.50. The first kappa shape index (κ1) is 16.8. The molecule has 0 saturated carbocycles. The summed E-state index contributed by atoms with van der Waals surface area (Å²) in [6.45, 7) is 3.37. The summed E-state index contributed by atoms with van der Waals surface area (Å²) in [6, 6.07) is 3.80. The van der Waals surface area contributed by atoms with Gasteiger partial charge in [-0.3, -0.25) is 0 Å². The van der Waals surface area contributed by atoms with Gasteiger partial charge in [0.2, 0.25) is 0 Å². The highest BCUT2D eigenvalue weighted by Gasteiger charge is 2.42. The number of oxime groups is 1. The first-order valence-corrected chi connectivity index (χ1v) is 6.88. The second kappa shape index (κ2) is 6.94. The maximum Gasteiger partial charge on any atom is 0.400 e. The SMILES string of the molecule is Cc1ccc(CC(C)NCC(/C(N)=N/O)C(F)(F)F)s1. The van der Waals surface area contributed by atoms with E-state index in [-0.39, 0.29) is 6.04 Å². The first-order chi connectivity index (χ1) is 9.24. The largest absolute Gasteiger partial charge is 0.409 e. The van der Waals surface area contributed by atoms with E-state index in [1.807, 2.05) is 19.1 Å². The smallest absolute Gasteiger partial charge is 0.400 e. The molecular weight excluding hydrogens is 291 g/mol. The summed E-state index contributed by atoms with van der Waals surface area (Å²) < 4.78 is 38.2. The van der Waals surface area contributed by atoms with E-state index in [9.17, 15) is 13.2 Å². The van der Waals surface area contributed by atoms with Crippen LogP contribution in [0.5, 0.6) is 0 Å². The molecule has 0 saturated heterocycles. The minimum absolute atomic E-state index is 0.135. The molecule has 0 aromatic carbocycles. The number of rotatable bonds is 6. The fraction of sp³-hybridized carbons (Fsp3) is 0.583. The summed E-state index contributed by atoms with van der Waals surface area (Å²) in [6.07, 6.45) is -3.90. The van der Waals surface area contributed by atoms with Gasteiger partial charge in [0.15, 0.2) is 5.84 Å². The van der Waals surface area contributed by atoms with Crippen molar-refractivity contribution in [1.82, 2.24) is 5.32 Å². The Labute approximate surface area is 119 Å². The second-order valence-corrected chi connectivity index (χ2v) is 6.02. The molecule has 4 nitrogen and oxygen atoms in total. The van der Waals surface area contributed by atoms with Gasteiger partial charge >= 0.3 is 6.18 Å². The van der Waals surface area contributed by atoms with Crippen LogP contribution < -0.4 is 11.1 Å². The third kappa shape index (κ3) is 5.01. The highest BCUT2D eigenvalue weighted by molar-refractivity contribution is 7.11. The summed E-state index contributed by atoms with van der Waals surface area (Å²) in [5, 5.41) is 13.6. The molecule has 1 heterocycles. The van der Waals surface area contributed by atoms with E-state index in [4.69, 9.17) is 10.9 Å². The average molecular weight is 309 g/mol. The van der Waals surface area contributed by atoms with E-state index >= 15 is 0 Å². The lowest BCUT2D eigenvalue weighted by Gasteiger charge is -2.21. The molecule has 0 aliphatic heterocycles. The van der Waals surface area contributed by atoms with Crippen LogP contribution in [0.25, 0.3) is 0 Å². The lowest BCUT2D eigenvalue weighted by atomic mass is 10.1. The highest BCUT2D eigenvalue weighted by atomic mass is 32.1. The second-order valence-electron chi connectivity index (χ2n) is 4.64. The van der Waals surface area contributed by atoms with Crippen molar-refractivity contribution < 1.29 is 18.4 Å². The van der Waals surface area contributed by atoms with Crippen LogP contribution in [0.2, 0.25) is 0 Å². The third-order valence-electron chi connectivity index (χ3n) is 2.84. The summed E-state index contributed by atoms with van der Waals surface area (Å²) in [4.78, 5) is 2.27. The molecular formula is C12H18F3N3OS. The van der Waals surface area contributed by atoms with E-state index in [1.54, 1.807) is 18.3 Å². The number of alkyl halides is 3. The van der Waals surface area contributed by atoms with E-state index in [0.29, 0.717) is 6.42 Å². The summed E-state index contributed by atoms with van der Waals surface area (Å²) in [5.41, 5.74) is 5.09. The van der Waals surface area contributed by atoms with Gasteiger partial charge < -0.3 is 16.3 Å². The topological polar surface area (TPSA) is 70.6 Å². The molecule has 0 bridgehead atoms. The molecule has 0 radical (unpaired) electrons. The van der Waals surface area contributed by atoms with Crippen molar-refractivity contribution in [2.75, 3.05) is 6.54 Å². The minimum atomic E-state index is -4.54. The number of nitrogens with two attached hydrogens (primary N) is 1. The van der Waals surface area contributed by atoms with Gasteiger partial charge in [0.1, 0.15) is 5.92 Å². The number of thiophene rings is 1. The molecule has 114 valence electrons. The van der Waals surface area contributed by atoms with Crippen LogP contribution in [-0.2, 0) is 6.42 Å².